The third-order valence-electron chi connectivity index (χ3n) is 4.28. The van der Waals surface area contributed by atoms with Crippen LogP contribution in [-0.4, -0.2) is 30.5 Å². The summed E-state index contributed by atoms with van der Waals surface area (Å²) in [4.78, 5) is 8.97. The Bertz CT molecular complexity index is 792. The zero-order valence-electron chi connectivity index (χ0n) is 14.4. The normalized spacial score (nSPS) is 17.7. The molecule has 0 saturated heterocycles. The standard InChI is InChI=1S/C20H20N2O2.2ClH/c1-4-17(13-21-7-1)20-16(3-2-8-22-20)11-15-5-6-19-18(12-15)14-23-9-10-24-19;;/h1,4-7,11-13H,2-3,8-10,14H2;2*1H. The van der Waals surface area contributed by atoms with Crippen molar-refractivity contribution in [1.82, 2.24) is 4.98 Å². The quantitative estimate of drug-likeness (QED) is 0.755. The monoisotopic (exact) mass is 392 g/mol. The SMILES string of the molecule is C(=C1CCCN=C1c1cccnc1)c1ccc2c(c1)COCCO2.Cl.Cl. The lowest BCUT2D eigenvalue weighted by Crippen LogP contribution is -2.11. The predicted molar refractivity (Wildman–Crippen MR) is 109 cm³/mol. The zero-order valence-corrected chi connectivity index (χ0v) is 16.0. The van der Waals surface area contributed by atoms with Gasteiger partial charge < -0.3 is 9.47 Å². The number of rotatable bonds is 2. The van der Waals surface area contributed by atoms with Crippen molar-refractivity contribution < 1.29 is 9.47 Å². The van der Waals surface area contributed by atoms with Crippen LogP contribution in [0.25, 0.3) is 6.08 Å². The molecule has 0 spiro atoms. The predicted octanol–water partition coefficient (Wildman–Crippen LogP) is 4.50. The van der Waals surface area contributed by atoms with E-state index in [2.05, 4.69) is 29.3 Å². The van der Waals surface area contributed by atoms with Gasteiger partial charge in [-0.1, -0.05) is 6.07 Å². The zero-order chi connectivity index (χ0) is 16.2. The number of halogens is 2. The fraction of sp³-hybridized carbons (Fsp3) is 0.300. The van der Waals surface area contributed by atoms with Crippen LogP contribution in [0.15, 0.2) is 53.3 Å². The maximum Gasteiger partial charge on any atom is 0.124 e. The number of allylic oxidation sites excluding steroid dienone is 1. The molecule has 0 saturated carbocycles. The summed E-state index contributed by atoms with van der Waals surface area (Å²) in [6, 6.07) is 10.3. The first-order valence-electron chi connectivity index (χ1n) is 8.39. The summed E-state index contributed by atoms with van der Waals surface area (Å²) in [5, 5.41) is 0. The van der Waals surface area contributed by atoms with Gasteiger partial charge in [0.2, 0.25) is 0 Å². The average molecular weight is 393 g/mol. The van der Waals surface area contributed by atoms with Gasteiger partial charge in [0.25, 0.3) is 0 Å². The molecule has 1 aromatic carbocycles. The lowest BCUT2D eigenvalue weighted by molar-refractivity contribution is 0.107. The fourth-order valence-electron chi connectivity index (χ4n) is 3.14. The summed E-state index contributed by atoms with van der Waals surface area (Å²) in [6.45, 7) is 2.75. The third-order valence-corrected chi connectivity index (χ3v) is 4.28. The Labute approximate surface area is 166 Å². The highest BCUT2D eigenvalue weighted by molar-refractivity contribution is 6.15. The van der Waals surface area contributed by atoms with E-state index in [0.29, 0.717) is 19.8 Å². The summed E-state index contributed by atoms with van der Waals surface area (Å²) in [5.74, 6) is 0.930. The van der Waals surface area contributed by atoms with Crippen LogP contribution in [-0.2, 0) is 11.3 Å². The molecular formula is C20H22Cl2N2O2. The van der Waals surface area contributed by atoms with E-state index in [0.717, 1.165) is 47.5 Å². The summed E-state index contributed by atoms with van der Waals surface area (Å²) >= 11 is 0. The minimum Gasteiger partial charge on any atom is -0.491 e. The lowest BCUT2D eigenvalue weighted by Gasteiger charge is -2.16. The number of fused-ring (bicyclic) bond motifs is 1. The highest BCUT2D eigenvalue weighted by Crippen LogP contribution is 2.26. The minimum atomic E-state index is 0. The van der Waals surface area contributed by atoms with Crippen LogP contribution in [0.1, 0.15) is 29.5 Å². The van der Waals surface area contributed by atoms with Crippen molar-refractivity contribution in [3.63, 3.8) is 0 Å². The maximum atomic E-state index is 5.71. The van der Waals surface area contributed by atoms with Crippen LogP contribution >= 0.6 is 24.8 Å². The molecule has 2 aromatic rings. The summed E-state index contributed by atoms with van der Waals surface area (Å²) in [5.41, 5.74) is 5.69. The fourth-order valence-corrected chi connectivity index (χ4v) is 3.14. The topological polar surface area (TPSA) is 43.7 Å². The van der Waals surface area contributed by atoms with Gasteiger partial charge in [-0.15, -0.1) is 24.8 Å². The Hall–Kier alpha value is -1.88. The van der Waals surface area contributed by atoms with Crippen molar-refractivity contribution in [2.24, 2.45) is 4.99 Å². The van der Waals surface area contributed by atoms with E-state index in [1.165, 1.54) is 5.57 Å². The van der Waals surface area contributed by atoms with Crippen molar-refractivity contribution >= 4 is 36.6 Å². The molecule has 0 fully saturated rings. The second kappa shape index (κ2) is 9.72. The number of hydrogen-bond acceptors (Lipinski definition) is 4. The molecule has 0 atom stereocenters. The molecule has 0 aliphatic carbocycles. The smallest absolute Gasteiger partial charge is 0.124 e. The molecule has 2 aliphatic heterocycles. The molecule has 3 heterocycles. The molecule has 2 aliphatic rings. The van der Waals surface area contributed by atoms with E-state index in [1.807, 2.05) is 18.3 Å². The van der Waals surface area contributed by atoms with Crippen molar-refractivity contribution in [3.8, 4) is 5.75 Å². The Morgan fingerprint density at radius 3 is 2.85 bits per heavy atom. The maximum absolute atomic E-state index is 5.71. The number of hydrogen-bond donors (Lipinski definition) is 0. The van der Waals surface area contributed by atoms with Crippen LogP contribution in [0.3, 0.4) is 0 Å². The number of pyridine rings is 1. The van der Waals surface area contributed by atoms with Gasteiger partial charge in [0.1, 0.15) is 12.4 Å². The Morgan fingerprint density at radius 1 is 1.08 bits per heavy atom. The van der Waals surface area contributed by atoms with Gasteiger partial charge in [0.15, 0.2) is 0 Å². The molecule has 0 unspecified atom stereocenters. The Morgan fingerprint density at radius 2 is 2.00 bits per heavy atom. The van der Waals surface area contributed by atoms with E-state index < -0.39 is 0 Å². The van der Waals surface area contributed by atoms with Gasteiger partial charge in [-0.2, -0.15) is 0 Å². The van der Waals surface area contributed by atoms with Gasteiger partial charge in [-0.05, 0) is 54.3 Å². The van der Waals surface area contributed by atoms with Crippen LogP contribution in [0.2, 0.25) is 0 Å². The lowest BCUT2D eigenvalue weighted by atomic mass is 9.94. The van der Waals surface area contributed by atoms with Crippen molar-refractivity contribution in [2.75, 3.05) is 19.8 Å². The van der Waals surface area contributed by atoms with Gasteiger partial charge >= 0.3 is 0 Å². The third kappa shape index (κ3) is 4.64. The van der Waals surface area contributed by atoms with Crippen LogP contribution in [0, 0.1) is 0 Å². The molecule has 4 nitrogen and oxygen atoms in total. The van der Waals surface area contributed by atoms with Gasteiger partial charge in [0, 0.05) is 30.1 Å². The van der Waals surface area contributed by atoms with Gasteiger partial charge in [0.05, 0.1) is 18.9 Å². The van der Waals surface area contributed by atoms with Crippen LogP contribution in [0.4, 0.5) is 0 Å². The highest BCUT2D eigenvalue weighted by Gasteiger charge is 2.15. The molecule has 0 radical (unpaired) electrons. The van der Waals surface area contributed by atoms with Crippen molar-refractivity contribution in [2.45, 2.75) is 19.4 Å². The Kier molecular flexibility index (Phi) is 7.64. The molecular weight excluding hydrogens is 371 g/mol. The molecule has 6 heteroatoms. The first-order valence-corrected chi connectivity index (χ1v) is 8.39. The highest BCUT2D eigenvalue weighted by atomic mass is 35.5. The summed E-state index contributed by atoms with van der Waals surface area (Å²) < 4.78 is 11.3. The molecule has 0 N–H and O–H groups in total. The molecule has 1 aromatic heterocycles. The average Bonchev–Trinajstić information content (AvgIpc) is 2.88. The van der Waals surface area contributed by atoms with E-state index in [1.54, 1.807) is 6.20 Å². The first-order chi connectivity index (χ1) is 11.9. The molecule has 0 bridgehead atoms. The largest absolute Gasteiger partial charge is 0.491 e. The molecule has 138 valence electrons. The molecule has 4 rings (SSSR count). The molecule has 26 heavy (non-hydrogen) atoms. The van der Waals surface area contributed by atoms with Crippen LogP contribution in [0.5, 0.6) is 5.75 Å². The van der Waals surface area contributed by atoms with Gasteiger partial charge in [-0.25, -0.2) is 0 Å². The molecule has 0 amide bonds. The second-order valence-electron chi connectivity index (χ2n) is 6.01. The number of benzene rings is 1. The number of nitrogens with zero attached hydrogens (tertiary/aromatic N) is 2. The summed E-state index contributed by atoms with van der Waals surface area (Å²) in [7, 11) is 0. The number of ether oxygens (including phenoxy) is 2. The van der Waals surface area contributed by atoms with Crippen LogP contribution < -0.4 is 4.74 Å². The van der Waals surface area contributed by atoms with E-state index in [4.69, 9.17) is 14.5 Å². The second-order valence-corrected chi connectivity index (χ2v) is 6.01. The Balaban J connectivity index is 0.00000121. The number of aliphatic imine (C=N–C) groups is 1. The van der Waals surface area contributed by atoms with E-state index >= 15 is 0 Å². The van der Waals surface area contributed by atoms with Crippen molar-refractivity contribution in [1.29, 1.82) is 0 Å². The summed E-state index contributed by atoms with van der Waals surface area (Å²) in [6.07, 6.45) is 8.04. The van der Waals surface area contributed by atoms with Gasteiger partial charge in [-0.3, -0.25) is 9.98 Å². The van der Waals surface area contributed by atoms with Crippen molar-refractivity contribution in [3.05, 3.63) is 65.0 Å². The minimum absolute atomic E-state index is 0. The first kappa shape index (κ1) is 20.4. The number of aromatic nitrogens is 1. The van der Waals surface area contributed by atoms with E-state index in [-0.39, 0.29) is 24.8 Å². The van der Waals surface area contributed by atoms with E-state index in [9.17, 15) is 0 Å².